The highest BCUT2D eigenvalue weighted by Crippen LogP contribution is 2.22. The first kappa shape index (κ1) is 19.0. The monoisotopic (exact) mass is 416 g/mol. The van der Waals surface area contributed by atoms with Crippen LogP contribution in [0.15, 0.2) is 53.4 Å². The molecule has 2 aromatic carbocycles. The van der Waals surface area contributed by atoms with E-state index >= 15 is 0 Å². The minimum atomic E-state index is -3.74. The van der Waals surface area contributed by atoms with Gasteiger partial charge in [-0.3, -0.25) is 4.72 Å². The van der Waals surface area contributed by atoms with E-state index in [-0.39, 0.29) is 16.4 Å². The van der Waals surface area contributed by atoms with Crippen molar-refractivity contribution in [2.75, 3.05) is 21.5 Å². The number of benzene rings is 2. The summed E-state index contributed by atoms with van der Waals surface area (Å²) in [5.74, 6) is -0.400. The fourth-order valence-electron chi connectivity index (χ4n) is 2.64. The molecule has 0 saturated carbocycles. The van der Waals surface area contributed by atoms with E-state index in [2.05, 4.69) is 10.0 Å². The van der Waals surface area contributed by atoms with E-state index in [1.807, 2.05) is 0 Å². The van der Waals surface area contributed by atoms with Gasteiger partial charge in [0, 0.05) is 16.4 Å². The van der Waals surface area contributed by atoms with Gasteiger partial charge in [0.2, 0.25) is 0 Å². The number of sulfonamides is 1. The molecule has 7 nitrogen and oxygen atoms in total. The van der Waals surface area contributed by atoms with Crippen LogP contribution in [0.2, 0.25) is 5.02 Å². The topological polar surface area (TPSA) is 113 Å². The van der Waals surface area contributed by atoms with Crippen LogP contribution >= 0.6 is 11.6 Å². The first-order valence-corrected chi connectivity index (χ1v) is 11.4. The molecule has 1 fully saturated rings. The van der Waals surface area contributed by atoms with Crippen LogP contribution in [0.3, 0.4) is 0 Å². The summed E-state index contributed by atoms with van der Waals surface area (Å²) < 4.78 is 50.1. The van der Waals surface area contributed by atoms with Crippen LogP contribution in [0.1, 0.15) is 0 Å². The van der Waals surface area contributed by atoms with Gasteiger partial charge in [-0.15, -0.1) is 0 Å². The zero-order chi connectivity index (χ0) is 18.9. The molecule has 26 heavy (non-hydrogen) atoms. The van der Waals surface area contributed by atoms with Crippen molar-refractivity contribution < 1.29 is 21.9 Å². The summed E-state index contributed by atoms with van der Waals surface area (Å²) in [5.41, 5.74) is 0.936. The summed E-state index contributed by atoms with van der Waals surface area (Å²) in [6.07, 6.45) is -0.969. The maximum Gasteiger partial charge on any atom is 0.261 e. The molecule has 1 saturated heterocycles. The van der Waals surface area contributed by atoms with Crippen molar-refractivity contribution >= 4 is 42.8 Å². The third-order valence-corrected chi connectivity index (χ3v) is 7.30. The average molecular weight is 417 g/mol. The SMILES string of the molecule is O=S1(=O)C[C@@H](O)[C@@H](Nc2ccc(NS(=O)(=O)c3ccc(Cl)cc3)cc2)C1. The number of hydrogen-bond donors (Lipinski definition) is 3. The van der Waals surface area contributed by atoms with Crippen molar-refractivity contribution in [1.29, 1.82) is 0 Å². The van der Waals surface area contributed by atoms with Crippen molar-refractivity contribution in [1.82, 2.24) is 0 Å². The predicted octanol–water partition coefficient (Wildman–Crippen LogP) is 1.71. The molecule has 0 radical (unpaired) electrons. The largest absolute Gasteiger partial charge is 0.390 e. The molecule has 1 aliphatic heterocycles. The van der Waals surface area contributed by atoms with Crippen molar-refractivity contribution in [3.8, 4) is 0 Å². The normalized spacial score (nSPS) is 22.1. The van der Waals surface area contributed by atoms with Crippen molar-refractivity contribution in [3.05, 3.63) is 53.6 Å². The molecule has 0 aliphatic carbocycles. The Kier molecular flexibility index (Phi) is 5.16. The second-order valence-electron chi connectivity index (χ2n) is 6.03. The van der Waals surface area contributed by atoms with Gasteiger partial charge in [-0.05, 0) is 48.5 Å². The second kappa shape index (κ2) is 7.07. The molecule has 0 spiro atoms. The smallest absolute Gasteiger partial charge is 0.261 e. The Labute approximate surface area is 157 Å². The Bertz CT molecular complexity index is 990. The van der Waals surface area contributed by atoms with Crippen molar-refractivity contribution in [2.45, 2.75) is 17.0 Å². The lowest BCUT2D eigenvalue weighted by molar-refractivity contribution is 0.190. The molecular weight excluding hydrogens is 400 g/mol. The Morgan fingerprint density at radius 2 is 1.54 bits per heavy atom. The van der Waals surface area contributed by atoms with Crippen LogP contribution in [0.5, 0.6) is 0 Å². The van der Waals surface area contributed by atoms with Crippen LogP contribution in [0.25, 0.3) is 0 Å². The molecule has 2 aromatic rings. The Morgan fingerprint density at radius 3 is 2.08 bits per heavy atom. The van der Waals surface area contributed by atoms with E-state index in [4.69, 9.17) is 11.6 Å². The van der Waals surface area contributed by atoms with Crippen LogP contribution < -0.4 is 10.0 Å². The van der Waals surface area contributed by atoms with Gasteiger partial charge < -0.3 is 10.4 Å². The Hall–Kier alpha value is -1.81. The van der Waals surface area contributed by atoms with E-state index in [0.717, 1.165) is 0 Å². The summed E-state index contributed by atoms with van der Waals surface area (Å²) in [6, 6.07) is 11.5. The quantitative estimate of drug-likeness (QED) is 0.684. The number of rotatable bonds is 5. The summed E-state index contributed by atoms with van der Waals surface area (Å²) in [7, 11) is -6.98. The minimum absolute atomic E-state index is 0.0865. The van der Waals surface area contributed by atoms with E-state index in [9.17, 15) is 21.9 Å². The highest BCUT2D eigenvalue weighted by Gasteiger charge is 2.36. The number of aliphatic hydroxyl groups is 1. The molecule has 2 atom stereocenters. The summed E-state index contributed by atoms with van der Waals surface area (Å²) in [4.78, 5) is 0.0865. The van der Waals surface area contributed by atoms with E-state index in [1.54, 1.807) is 24.3 Å². The molecule has 10 heteroatoms. The minimum Gasteiger partial charge on any atom is -0.390 e. The van der Waals surface area contributed by atoms with Crippen LogP contribution in [0.4, 0.5) is 11.4 Å². The molecule has 0 amide bonds. The van der Waals surface area contributed by atoms with E-state index in [1.165, 1.54) is 24.3 Å². The van der Waals surface area contributed by atoms with Gasteiger partial charge in [-0.2, -0.15) is 0 Å². The Balaban J connectivity index is 1.69. The molecule has 1 aliphatic rings. The molecule has 0 aromatic heterocycles. The van der Waals surface area contributed by atoms with Gasteiger partial charge >= 0.3 is 0 Å². The van der Waals surface area contributed by atoms with E-state index in [0.29, 0.717) is 16.4 Å². The number of anilines is 2. The number of nitrogens with one attached hydrogen (secondary N) is 2. The molecule has 1 heterocycles. The van der Waals surface area contributed by atoms with Crippen LogP contribution in [0, 0.1) is 0 Å². The van der Waals surface area contributed by atoms with Crippen molar-refractivity contribution in [3.63, 3.8) is 0 Å². The zero-order valence-electron chi connectivity index (χ0n) is 13.5. The highest BCUT2D eigenvalue weighted by molar-refractivity contribution is 7.92. The lowest BCUT2D eigenvalue weighted by atomic mass is 10.2. The molecule has 0 bridgehead atoms. The van der Waals surface area contributed by atoms with Gasteiger partial charge in [-0.1, -0.05) is 11.6 Å². The van der Waals surface area contributed by atoms with Gasteiger partial charge in [0.1, 0.15) is 0 Å². The van der Waals surface area contributed by atoms with Crippen molar-refractivity contribution in [2.24, 2.45) is 0 Å². The average Bonchev–Trinajstić information content (AvgIpc) is 2.81. The Morgan fingerprint density at radius 1 is 0.962 bits per heavy atom. The summed E-state index contributed by atoms with van der Waals surface area (Å²) in [5, 5.41) is 13.2. The lowest BCUT2D eigenvalue weighted by Gasteiger charge is -2.16. The lowest BCUT2D eigenvalue weighted by Crippen LogP contribution is -2.31. The van der Waals surface area contributed by atoms with Crippen LogP contribution in [-0.4, -0.2) is 45.6 Å². The second-order valence-corrected chi connectivity index (χ2v) is 10.3. The first-order valence-electron chi connectivity index (χ1n) is 7.68. The molecule has 140 valence electrons. The standard InChI is InChI=1S/C16H17ClN2O5S2/c17-11-1-7-14(8-2-11)26(23,24)19-13-5-3-12(4-6-13)18-15-9-25(21,22)10-16(15)20/h1-8,15-16,18-20H,9-10H2/t15-,16+/m0/s1. The van der Waals surface area contributed by atoms with Gasteiger partial charge in [-0.25, -0.2) is 16.8 Å². The maximum absolute atomic E-state index is 12.3. The number of hydrogen-bond acceptors (Lipinski definition) is 6. The van der Waals surface area contributed by atoms with Gasteiger partial charge in [0.05, 0.1) is 28.5 Å². The number of sulfone groups is 1. The summed E-state index contributed by atoms with van der Waals surface area (Å²) >= 11 is 5.76. The third-order valence-electron chi connectivity index (χ3n) is 3.94. The molecule has 3 rings (SSSR count). The van der Waals surface area contributed by atoms with E-state index < -0.39 is 32.0 Å². The predicted molar refractivity (Wildman–Crippen MR) is 101 cm³/mol. The number of aliphatic hydroxyl groups excluding tert-OH is 1. The maximum atomic E-state index is 12.3. The van der Waals surface area contributed by atoms with Crippen LogP contribution in [-0.2, 0) is 19.9 Å². The molecule has 0 unspecified atom stereocenters. The molecule has 3 N–H and O–H groups in total. The fraction of sp³-hybridized carbons (Fsp3) is 0.250. The number of halogens is 1. The zero-order valence-corrected chi connectivity index (χ0v) is 15.9. The highest BCUT2D eigenvalue weighted by atomic mass is 35.5. The van der Waals surface area contributed by atoms with Gasteiger partial charge in [0.15, 0.2) is 9.84 Å². The molecular formula is C16H17ClN2O5S2. The van der Waals surface area contributed by atoms with Gasteiger partial charge in [0.25, 0.3) is 10.0 Å². The summed E-state index contributed by atoms with van der Waals surface area (Å²) in [6.45, 7) is 0. The third kappa shape index (κ3) is 4.47. The fourth-order valence-corrected chi connectivity index (χ4v) is 5.57. The first-order chi connectivity index (χ1) is 12.1.